The lowest BCUT2D eigenvalue weighted by molar-refractivity contribution is -0.128. The van der Waals surface area contributed by atoms with Gasteiger partial charge in [0.25, 0.3) is 5.91 Å². The van der Waals surface area contributed by atoms with Gasteiger partial charge in [-0.1, -0.05) is 50.0 Å². The van der Waals surface area contributed by atoms with Crippen molar-refractivity contribution in [1.82, 2.24) is 15.3 Å². The Kier molecular flexibility index (Phi) is 6.64. The van der Waals surface area contributed by atoms with Crippen LogP contribution in [0.4, 0.5) is 5.69 Å². The summed E-state index contributed by atoms with van der Waals surface area (Å²) in [5.74, 6) is 0.299. The highest BCUT2D eigenvalue weighted by molar-refractivity contribution is 6.34. The van der Waals surface area contributed by atoms with Gasteiger partial charge in [0, 0.05) is 28.2 Å². The molecule has 8 heteroatoms. The van der Waals surface area contributed by atoms with Crippen molar-refractivity contribution in [2.24, 2.45) is 5.41 Å². The van der Waals surface area contributed by atoms with Gasteiger partial charge in [0.2, 0.25) is 5.91 Å². The minimum Gasteiger partial charge on any atom is -0.352 e. The predicted molar refractivity (Wildman–Crippen MR) is 137 cm³/mol. The Balaban J connectivity index is 1.51. The van der Waals surface area contributed by atoms with Gasteiger partial charge in [0.15, 0.2) is 0 Å². The zero-order chi connectivity index (χ0) is 24.5. The summed E-state index contributed by atoms with van der Waals surface area (Å²) in [7, 11) is 0. The van der Waals surface area contributed by atoms with Crippen LogP contribution < -0.4 is 10.6 Å². The molecule has 34 heavy (non-hydrogen) atoms. The lowest BCUT2D eigenvalue weighted by Gasteiger charge is -2.18. The highest BCUT2D eigenvalue weighted by Crippen LogP contribution is 2.25. The molecule has 0 aliphatic carbocycles. The number of fused-ring (bicyclic) bond motifs is 1. The number of aromatic nitrogens is 2. The summed E-state index contributed by atoms with van der Waals surface area (Å²) in [6.45, 7) is 5.84. The molecule has 1 heterocycles. The molecule has 4 rings (SSSR count). The van der Waals surface area contributed by atoms with Crippen molar-refractivity contribution >= 4 is 51.7 Å². The number of benzene rings is 3. The van der Waals surface area contributed by atoms with Crippen molar-refractivity contribution in [3.05, 3.63) is 81.8 Å². The van der Waals surface area contributed by atoms with Crippen LogP contribution in [0.5, 0.6) is 0 Å². The minimum atomic E-state index is -0.495. The maximum atomic E-state index is 13.0. The third-order valence-corrected chi connectivity index (χ3v) is 5.85. The number of rotatable bonds is 5. The van der Waals surface area contributed by atoms with Crippen molar-refractivity contribution in [2.75, 3.05) is 5.32 Å². The Labute approximate surface area is 207 Å². The van der Waals surface area contributed by atoms with Crippen LogP contribution in [0.2, 0.25) is 10.0 Å². The Bertz CT molecular complexity index is 1370. The standard InChI is InChI=1S/C26H24Cl2N4O2/c1-26(2,3)25(34)29-14-15-4-10-20(28)19(12-15)24(33)30-18-9-11-21-22(13-18)32-23(31-21)16-5-7-17(27)8-6-16/h4-13H,14H2,1-3H3,(H,29,34)(H,30,33)(H,31,32). The Morgan fingerprint density at radius 2 is 1.71 bits per heavy atom. The summed E-state index contributed by atoms with van der Waals surface area (Å²) < 4.78 is 0. The first kappa shape index (κ1) is 23.8. The number of H-pyrrole nitrogens is 1. The summed E-state index contributed by atoms with van der Waals surface area (Å²) in [6.07, 6.45) is 0. The summed E-state index contributed by atoms with van der Waals surface area (Å²) >= 11 is 12.3. The van der Waals surface area contributed by atoms with Gasteiger partial charge < -0.3 is 15.6 Å². The van der Waals surface area contributed by atoms with Gasteiger partial charge in [-0.2, -0.15) is 0 Å². The fraction of sp³-hybridized carbons (Fsp3) is 0.192. The van der Waals surface area contributed by atoms with Crippen molar-refractivity contribution in [2.45, 2.75) is 27.3 Å². The van der Waals surface area contributed by atoms with Crippen molar-refractivity contribution in [1.29, 1.82) is 0 Å². The number of aromatic amines is 1. The van der Waals surface area contributed by atoms with E-state index in [-0.39, 0.29) is 11.8 Å². The number of nitrogens with zero attached hydrogens (tertiary/aromatic N) is 1. The van der Waals surface area contributed by atoms with E-state index in [2.05, 4.69) is 20.6 Å². The average Bonchev–Trinajstić information content (AvgIpc) is 3.21. The molecule has 6 nitrogen and oxygen atoms in total. The molecule has 4 aromatic rings. The van der Waals surface area contributed by atoms with Gasteiger partial charge in [0.1, 0.15) is 5.82 Å². The van der Waals surface area contributed by atoms with Crippen molar-refractivity contribution in [3.63, 3.8) is 0 Å². The summed E-state index contributed by atoms with van der Waals surface area (Å²) in [5.41, 5.74) is 3.69. The van der Waals surface area contributed by atoms with E-state index in [0.717, 1.165) is 22.2 Å². The van der Waals surface area contributed by atoms with Crippen LogP contribution in [0, 0.1) is 5.41 Å². The van der Waals surface area contributed by atoms with Gasteiger partial charge >= 0.3 is 0 Å². The highest BCUT2D eigenvalue weighted by atomic mass is 35.5. The second kappa shape index (κ2) is 9.49. The maximum absolute atomic E-state index is 13.0. The Morgan fingerprint density at radius 3 is 2.41 bits per heavy atom. The quantitative estimate of drug-likeness (QED) is 0.297. The van der Waals surface area contributed by atoms with Crippen LogP contribution >= 0.6 is 23.2 Å². The van der Waals surface area contributed by atoms with Crippen molar-refractivity contribution in [3.8, 4) is 11.4 Å². The molecular formula is C26H24Cl2N4O2. The van der Waals surface area contributed by atoms with E-state index in [4.69, 9.17) is 23.2 Å². The monoisotopic (exact) mass is 494 g/mol. The first-order valence-electron chi connectivity index (χ1n) is 10.7. The van der Waals surface area contributed by atoms with E-state index in [0.29, 0.717) is 33.7 Å². The Morgan fingerprint density at radius 1 is 0.971 bits per heavy atom. The molecule has 0 bridgehead atoms. The second-order valence-electron chi connectivity index (χ2n) is 9.03. The zero-order valence-electron chi connectivity index (χ0n) is 19.0. The zero-order valence-corrected chi connectivity index (χ0v) is 20.5. The number of imidazole rings is 1. The highest BCUT2D eigenvalue weighted by Gasteiger charge is 2.21. The fourth-order valence-corrected chi connectivity index (χ4v) is 3.66. The number of amides is 2. The molecule has 3 aromatic carbocycles. The van der Waals surface area contributed by atoms with Gasteiger partial charge in [-0.05, 0) is 60.2 Å². The number of halogens is 2. The lowest BCUT2D eigenvalue weighted by Crippen LogP contribution is -2.34. The van der Waals surface area contributed by atoms with Gasteiger partial charge in [0.05, 0.1) is 21.6 Å². The summed E-state index contributed by atoms with van der Waals surface area (Å²) in [6, 6.07) is 18.0. The number of hydrogen-bond donors (Lipinski definition) is 3. The first-order chi connectivity index (χ1) is 16.1. The molecule has 0 atom stereocenters. The van der Waals surface area contributed by atoms with E-state index >= 15 is 0 Å². The van der Waals surface area contributed by atoms with Gasteiger partial charge in [-0.25, -0.2) is 4.98 Å². The SMILES string of the molecule is CC(C)(C)C(=O)NCc1ccc(Cl)c(C(=O)Nc2ccc3nc(-c4ccc(Cl)cc4)[nH]c3c2)c1. The van der Waals surface area contributed by atoms with Crippen LogP contribution in [0.15, 0.2) is 60.7 Å². The van der Waals surface area contributed by atoms with Crippen LogP contribution in [0.3, 0.4) is 0 Å². The number of nitrogens with one attached hydrogen (secondary N) is 3. The smallest absolute Gasteiger partial charge is 0.257 e. The average molecular weight is 495 g/mol. The lowest BCUT2D eigenvalue weighted by atomic mass is 9.95. The minimum absolute atomic E-state index is 0.0701. The predicted octanol–water partition coefficient (Wildman–Crippen LogP) is 6.45. The second-order valence-corrected chi connectivity index (χ2v) is 9.87. The first-order valence-corrected chi connectivity index (χ1v) is 11.5. The van der Waals surface area contributed by atoms with Crippen LogP contribution in [-0.2, 0) is 11.3 Å². The molecule has 0 spiro atoms. The van der Waals surface area contributed by atoms with Crippen LogP contribution in [-0.4, -0.2) is 21.8 Å². The normalized spacial score (nSPS) is 11.4. The van der Waals surface area contributed by atoms with E-state index in [1.54, 1.807) is 24.3 Å². The molecule has 0 unspecified atom stereocenters. The van der Waals surface area contributed by atoms with E-state index in [9.17, 15) is 9.59 Å². The molecule has 1 aromatic heterocycles. The number of carbonyl (C=O) groups excluding carboxylic acids is 2. The molecule has 0 aliphatic heterocycles. The van der Waals surface area contributed by atoms with Crippen LogP contribution in [0.25, 0.3) is 22.4 Å². The summed E-state index contributed by atoms with van der Waals surface area (Å²) in [5, 5.41) is 6.76. The summed E-state index contributed by atoms with van der Waals surface area (Å²) in [4.78, 5) is 33.0. The molecular weight excluding hydrogens is 471 g/mol. The molecule has 0 radical (unpaired) electrons. The number of carbonyl (C=O) groups is 2. The number of anilines is 1. The molecule has 2 amide bonds. The molecule has 0 aliphatic rings. The maximum Gasteiger partial charge on any atom is 0.257 e. The van der Waals surface area contributed by atoms with E-state index in [1.165, 1.54) is 0 Å². The molecule has 0 fully saturated rings. The van der Waals surface area contributed by atoms with Gasteiger partial charge in [-0.15, -0.1) is 0 Å². The fourth-order valence-electron chi connectivity index (χ4n) is 3.33. The molecule has 174 valence electrons. The molecule has 3 N–H and O–H groups in total. The van der Waals surface area contributed by atoms with E-state index < -0.39 is 5.41 Å². The Hall–Kier alpha value is -3.35. The third kappa shape index (κ3) is 5.41. The topological polar surface area (TPSA) is 86.9 Å². The molecule has 0 saturated carbocycles. The number of hydrogen-bond acceptors (Lipinski definition) is 3. The van der Waals surface area contributed by atoms with Crippen LogP contribution in [0.1, 0.15) is 36.7 Å². The largest absolute Gasteiger partial charge is 0.352 e. The molecule has 0 saturated heterocycles. The van der Waals surface area contributed by atoms with E-state index in [1.807, 2.05) is 57.2 Å². The van der Waals surface area contributed by atoms with Gasteiger partial charge in [-0.3, -0.25) is 9.59 Å². The van der Waals surface area contributed by atoms with Crippen molar-refractivity contribution < 1.29 is 9.59 Å². The third-order valence-electron chi connectivity index (χ3n) is 5.27.